The minimum Gasteiger partial charge on any atom is -0.406 e. The van der Waals surface area contributed by atoms with Gasteiger partial charge in [0.25, 0.3) is 0 Å². The van der Waals surface area contributed by atoms with Crippen molar-refractivity contribution in [3.05, 3.63) is 41.7 Å². The highest BCUT2D eigenvalue weighted by atomic mass is 32.1. The fraction of sp³-hybridized carbons (Fsp3) is 0.429. The van der Waals surface area contributed by atoms with Gasteiger partial charge in [0, 0.05) is 23.1 Å². The first-order chi connectivity index (χ1) is 15.2. The minimum atomic E-state index is -4.77. The fourth-order valence-electron chi connectivity index (χ4n) is 3.42. The monoisotopic (exact) mass is 466 g/mol. The van der Waals surface area contributed by atoms with Crippen LogP contribution in [0.2, 0.25) is 0 Å². The van der Waals surface area contributed by atoms with Gasteiger partial charge in [0.2, 0.25) is 11.9 Å². The van der Waals surface area contributed by atoms with Crippen LogP contribution in [0.3, 0.4) is 0 Å². The lowest BCUT2D eigenvalue weighted by Crippen LogP contribution is -2.40. The number of benzene rings is 1. The summed E-state index contributed by atoms with van der Waals surface area (Å²) in [7, 11) is 0. The number of alkyl halides is 3. The molecular weight excluding hydrogens is 441 g/mol. The van der Waals surface area contributed by atoms with E-state index in [9.17, 15) is 13.2 Å². The first kappa shape index (κ1) is 23.7. The number of guanidine groups is 1. The second-order valence-electron chi connectivity index (χ2n) is 7.52. The average molecular weight is 467 g/mol. The van der Waals surface area contributed by atoms with Crippen molar-refractivity contribution in [1.29, 1.82) is 0 Å². The molecule has 0 atom stereocenters. The van der Waals surface area contributed by atoms with Crippen molar-refractivity contribution >= 4 is 34.9 Å². The van der Waals surface area contributed by atoms with E-state index in [1.807, 2.05) is 19.9 Å². The van der Waals surface area contributed by atoms with E-state index < -0.39 is 6.36 Å². The number of ether oxygens (including phenoxy) is 1. The lowest BCUT2D eigenvalue weighted by atomic mass is 9.96. The van der Waals surface area contributed by atoms with E-state index >= 15 is 0 Å². The van der Waals surface area contributed by atoms with Gasteiger partial charge in [0.1, 0.15) is 5.75 Å². The Bertz CT molecular complexity index is 956. The number of aryl methyl sites for hydroxylation is 2. The summed E-state index contributed by atoms with van der Waals surface area (Å²) in [4.78, 5) is 13.5. The topological polar surface area (TPSA) is 83.5 Å². The molecule has 0 bridgehead atoms. The smallest absolute Gasteiger partial charge is 0.406 e. The van der Waals surface area contributed by atoms with Gasteiger partial charge in [-0.15, -0.1) is 13.2 Å². The molecule has 0 amide bonds. The van der Waals surface area contributed by atoms with Gasteiger partial charge < -0.3 is 15.4 Å². The summed E-state index contributed by atoms with van der Waals surface area (Å²) in [6, 6.07) is 7.43. The lowest BCUT2D eigenvalue weighted by Gasteiger charge is -2.21. The van der Waals surface area contributed by atoms with Gasteiger partial charge in [-0.25, -0.2) is 15.0 Å². The minimum absolute atomic E-state index is 0.135. The Morgan fingerprint density at radius 1 is 1.06 bits per heavy atom. The molecule has 7 nitrogen and oxygen atoms in total. The average Bonchev–Trinajstić information content (AvgIpc) is 2.66. The first-order valence-electron chi connectivity index (χ1n) is 10.3. The van der Waals surface area contributed by atoms with Crippen LogP contribution in [0.4, 0.5) is 24.8 Å². The molecule has 1 heterocycles. The van der Waals surface area contributed by atoms with Gasteiger partial charge in [-0.1, -0.05) is 25.3 Å². The fourth-order valence-corrected chi connectivity index (χ4v) is 3.63. The van der Waals surface area contributed by atoms with E-state index in [1.54, 1.807) is 6.07 Å². The number of hydrogen-bond donors (Lipinski definition) is 3. The zero-order valence-electron chi connectivity index (χ0n) is 17.8. The molecule has 3 rings (SSSR count). The third kappa shape index (κ3) is 7.95. The van der Waals surface area contributed by atoms with E-state index in [0.29, 0.717) is 17.6 Å². The van der Waals surface area contributed by atoms with Crippen molar-refractivity contribution < 1.29 is 17.9 Å². The predicted molar refractivity (Wildman–Crippen MR) is 122 cm³/mol. The maximum absolute atomic E-state index is 12.5. The Balaban J connectivity index is 1.73. The molecule has 0 radical (unpaired) electrons. The Hall–Kier alpha value is -2.95. The SMILES string of the molecule is Cc1cc(C)nc(NC(=NC2CCCCC2)NC(=S)Nc2cccc(OC(F)(F)F)c2)n1. The summed E-state index contributed by atoms with van der Waals surface area (Å²) in [6.07, 6.45) is 0.577. The molecule has 11 heteroatoms. The molecule has 1 aromatic carbocycles. The Morgan fingerprint density at radius 3 is 2.41 bits per heavy atom. The van der Waals surface area contributed by atoms with Crippen LogP contribution in [-0.4, -0.2) is 33.4 Å². The number of hydrogen-bond acceptors (Lipinski definition) is 5. The second kappa shape index (κ2) is 10.6. The molecule has 1 aliphatic rings. The Morgan fingerprint density at radius 2 is 1.75 bits per heavy atom. The van der Waals surface area contributed by atoms with Crippen LogP contribution >= 0.6 is 12.2 Å². The molecule has 0 unspecified atom stereocenters. The standard InChI is InChI=1S/C21H25F3N6OS/c1-13-11-14(2)26-18(25-13)29-19(27-15-7-4-3-5-8-15)30-20(32)28-16-9-6-10-17(12-16)31-21(22,23)24/h6,9-12,15H,3-5,7-8H2,1-2H3,(H3,25,26,27,28,29,30,32). The van der Waals surface area contributed by atoms with Gasteiger partial charge in [0.15, 0.2) is 5.11 Å². The van der Waals surface area contributed by atoms with Crippen molar-refractivity contribution in [2.75, 3.05) is 10.6 Å². The van der Waals surface area contributed by atoms with Crippen LogP contribution in [0.15, 0.2) is 35.3 Å². The van der Waals surface area contributed by atoms with Gasteiger partial charge in [-0.3, -0.25) is 5.32 Å². The lowest BCUT2D eigenvalue weighted by molar-refractivity contribution is -0.274. The number of aliphatic imine (C=N–C) groups is 1. The first-order valence-corrected chi connectivity index (χ1v) is 10.7. The van der Waals surface area contributed by atoms with Crippen LogP contribution in [-0.2, 0) is 0 Å². The zero-order valence-corrected chi connectivity index (χ0v) is 18.6. The normalized spacial score (nSPS) is 15.2. The summed E-state index contributed by atoms with van der Waals surface area (Å²) >= 11 is 5.35. The molecule has 1 aliphatic carbocycles. The van der Waals surface area contributed by atoms with Crippen LogP contribution in [0.1, 0.15) is 43.5 Å². The number of thiocarbonyl (C=S) groups is 1. The maximum Gasteiger partial charge on any atom is 0.573 e. The van der Waals surface area contributed by atoms with E-state index in [0.717, 1.165) is 37.1 Å². The maximum atomic E-state index is 12.5. The highest BCUT2D eigenvalue weighted by Gasteiger charge is 2.31. The highest BCUT2D eigenvalue weighted by molar-refractivity contribution is 7.80. The van der Waals surface area contributed by atoms with Gasteiger partial charge in [0.05, 0.1) is 6.04 Å². The Kier molecular flexibility index (Phi) is 7.84. The van der Waals surface area contributed by atoms with Crippen molar-refractivity contribution in [3.8, 4) is 5.75 Å². The van der Waals surface area contributed by atoms with Gasteiger partial charge >= 0.3 is 6.36 Å². The number of aromatic nitrogens is 2. The molecular formula is C21H25F3N6OS. The summed E-state index contributed by atoms with van der Waals surface area (Å²) in [5.74, 6) is 0.415. The highest BCUT2D eigenvalue weighted by Crippen LogP contribution is 2.25. The molecule has 172 valence electrons. The van der Waals surface area contributed by atoms with E-state index in [2.05, 4.69) is 30.7 Å². The van der Waals surface area contributed by atoms with Gasteiger partial charge in [-0.2, -0.15) is 0 Å². The summed E-state index contributed by atoms with van der Waals surface area (Å²) in [5, 5.41) is 9.08. The molecule has 1 aromatic heterocycles. The number of nitrogens with zero attached hydrogens (tertiary/aromatic N) is 3. The molecule has 2 aromatic rings. The third-order valence-corrected chi connectivity index (χ3v) is 4.86. The van der Waals surface area contributed by atoms with Crippen molar-refractivity contribution in [3.63, 3.8) is 0 Å². The molecule has 1 fully saturated rings. The zero-order chi connectivity index (χ0) is 23.1. The van der Waals surface area contributed by atoms with Crippen LogP contribution in [0.5, 0.6) is 5.75 Å². The van der Waals surface area contributed by atoms with Crippen molar-refractivity contribution in [1.82, 2.24) is 15.3 Å². The van der Waals surface area contributed by atoms with Crippen molar-refractivity contribution in [2.45, 2.75) is 58.4 Å². The summed E-state index contributed by atoms with van der Waals surface area (Å²) in [5.41, 5.74) is 1.95. The largest absolute Gasteiger partial charge is 0.573 e. The second-order valence-corrected chi connectivity index (χ2v) is 7.93. The molecule has 0 aliphatic heterocycles. The van der Waals surface area contributed by atoms with E-state index in [1.165, 1.54) is 24.6 Å². The molecule has 32 heavy (non-hydrogen) atoms. The predicted octanol–water partition coefficient (Wildman–Crippen LogP) is 5.08. The molecule has 0 saturated heterocycles. The number of anilines is 2. The number of nitrogens with one attached hydrogen (secondary N) is 3. The summed E-state index contributed by atoms with van der Waals surface area (Å²) < 4.78 is 41.4. The van der Waals surface area contributed by atoms with E-state index in [4.69, 9.17) is 17.2 Å². The summed E-state index contributed by atoms with van der Waals surface area (Å²) in [6.45, 7) is 3.74. The van der Waals surface area contributed by atoms with Gasteiger partial charge in [-0.05, 0) is 57.1 Å². The van der Waals surface area contributed by atoms with E-state index in [-0.39, 0.29) is 16.9 Å². The quantitative estimate of drug-likeness (QED) is 0.329. The number of rotatable bonds is 4. The Labute approximate surface area is 189 Å². The van der Waals surface area contributed by atoms with Crippen LogP contribution < -0.4 is 20.7 Å². The van der Waals surface area contributed by atoms with Crippen LogP contribution in [0.25, 0.3) is 0 Å². The van der Waals surface area contributed by atoms with Crippen LogP contribution in [0, 0.1) is 13.8 Å². The molecule has 0 spiro atoms. The molecule has 3 N–H and O–H groups in total. The van der Waals surface area contributed by atoms with Crippen molar-refractivity contribution in [2.24, 2.45) is 4.99 Å². The third-order valence-electron chi connectivity index (χ3n) is 4.66. The molecule has 1 saturated carbocycles. The number of halogens is 3.